The van der Waals surface area contributed by atoms with E-state index < -0.39 is 0 Å². The highest BCUT2D eigenvalue weighted by Gasteiger charge is 2.13. The van der Waals surface area contributed by atoms with E-state index in [9.17, 15) is 0 Å². The second kappa shape index (κ2) is 4.21. The van der Waals surface area contributed by atoms with Gasteiger partial charge in [0.2, 0.25) is 0 Å². The molecule has 0 bridgehead atoms. The maximum absolute atomic E-state index is 5.17. The van der Waals surface area contributed by atoms with E-state index in [2.05, 4.69) is 18.0 Å². The van der Waals surface area contributed by atoms with Crippen molar-refractivity contribution >= 4 is 17.2 Å². The Labute approximate surface area is 78.9 Å². The van der Waals surface area contributed by atoms with Crippen LogP contribution in [0.25, 0.3) is 0 Å². The first kappa shape index (κ1) is 9.20. The fourth-order valence-corrected chi connectivity index (χ4v) is 1.59. The van der Waals surface area contributed by atoms with Gasteiger partial charge in [-0.3, -0.25) is 0 Å². The predicted octanol–water partition coefficient (Wildman–Crippen LogP) is 2.37. The van der Waals surface area contributed by atoms with Crippen LogP contribution in [0, 0.1) is 0 Å². The highest BCUT2D eigenvalue weighted by molar-refractivity contribution is 7.80. The number of hydrogen-bond donors (Lipinski definition) is 1. The summed E-state index contributed by atoms with van der Waals surface area (Å²) in [4.78, 5) is 0.842. The lowest BCUT2D eigenvalue weighted by Crippen LogP contribution is -2.30. The average Bonchev–Trinajstić information content (AvgIpc) is 2.09. The number of nitrogens with one attached hydrogen (secondary N) is 1. The van der Waals surface area contributed by atoms with Gasteiger partial charge in [0.05, 0.1) is 0 Å². The minimum atomic E-state index is 0.842. The third-order valence-electron chi connectivity index (χ3n) is 1.90. The van der Waals surface area contributed by atoms with Crippen molar-refractivity contribution in [2.45, 2.75) is 13.3 Å². The average molecular weight is 179 g/mol. The van der Waals surface area contributed by atoms with E-state index >= 15 is 0 Å². The zero-order valence-electron chi connectivity index (χ0n) is 7.26. The molecule has 1 aliphatic rings. The van der Waals surface area contributed by atoms with Crippen molar-refractivity contribution in [2.75, 3.05) is 6.54 Å². The lowest BCUT2D eigenvalue weighted by Gasteiger charge is -2.20. The summed E-state index contributed by atoms with van der Waals surface area (Å²) in [6.07, 6.45) is 6.90. The Bertz CT molecular complexity index is 261. The number of hydrogen-bond acceptors (Lipinski definition) is 1. The van der Waals surface area contributed by atoms with Crippen LogP contribution in [0.3, 0.4) is 0 Å². The Kier molecular flexibility index (Phi) is 3.23. The maximum Gasteiger partial charge on any atom is 0.106 e. The molecule has 64 valence electrons. The van der Waals surface area contributed by atoms with E-state index in [1.807, 2.05) is 13.0 Å². The number of rotatable bonds is 1. The molecule has 0 radical (unpaired) electrons. The van der Waals surface area contributed by atoms with E-state index in [0.717, 1.165) is 23.5 Å². The fourth-order valence-electron chi connectivity index (χ4n) is 1.29. The Hall–Kier alpha value is -0.890. The lowest BCUT2D eigenvalue weighted by atomic mass is 9.99. The molecule has 0 aromatic heterocycles. The summed E-state index contributed by atoms with van der Waals surface area (Å²) < 4.78 is 0. The quantitative estimate of drug-likeness (QED) is 0.490. The smallest absolute Gasteiger partial charge is 0.106 e. The van der Waals surface area contributed by atoms with Gasteiger partial charge in [-0.1, -0.05) is 37.0 Å². The topological polar surface area (TPSA) is 12.0 Å². The zero-order valence-corrected chi connectivity index (χ0v) is 8.08. The monoisotopic (exact) mass is 179 g/mol. The van der Waals surface area contributed by atoms with Gasteiger partial charge in [-0.05, 0) is 18.9 Å². The molecule has 1 N–H and O–H groups in total. The summed E-state index contributed by atoms with van der Waals surface area (Å²) >= 11 is 5.17. The largest absolute Gasteiger partial charge is 0.375 e. The Morgan fingerprint density at radius 1 is 1.58 bits per heavy atom. The highest BCUT2D eigenvalue weighted by atomic mass is 32.1. The van der Waals surface area contributed by atoms with Crippen LogP contribution in [0.4, 0.5) is 0 Å². The second-order valence-corrected chi connectivity index (χ2v) is 3.04. The van der Waals surface area contributed by atoms with Crippen LogP contribution in [0.1, 0.15) is 13.3 Å². The molecule has 1 fully saturated rings. The van der Waals surface area contributed by atoms with Gasteiger partial charge in [0.25, 0.3) is 0 Å². The normalized spacial score (nSPS) is 24.2. The first-order chi connectivity index (χ1) is 5.79. The van der Waals surface area contributed by atoms with E-state index in [-0.39, 0.29) is 0 Å². The summed E-state index contributed by atoms with van der Waals surface area (Å²) in [5.41, 5.74) is 2.44. The van der Waals surface area contributed by atoms with Crippen LogP contribution in [-0.4, -0.2) is 11.5 Å². The molecule has 12 heavy (non-hydrogen) atoms. The summed E-state index contributed by atoms with van der Waals surface area (Å²) in [5, 5.41) is 3.16. The Morgan fingerprint density at radius 2 is 2.33 bits per heavy atom. The zero-order chi connectivity index (χ0) is 8.97. The van der Waals surface area contributed by atoms with Crippen molar-refractivity contribution in [1.29, 1.82) is 0 Å². The van der Waals surface area contributed by atoms with Gasteiger partial charge in [-0.2, -0.15) is 0 Å². The van der Waals surface area contributed by atoms with Crippen LogP contribution >= 0.6 is 12.2 Å². The molecular formula is C10H13NS. The molecule has 0 aliphatic carbocycles. The molecule has 0 atom stereocenters. The molecule has 0 aromatic rings. The van der Waals surface area contributed by atoms with E-state index in [0.29, 0.717) is 0 Å². The van der Waals surface area contributed by atoms with Gasteiger partial charge in [0.15, 0.2) is 0 Å². The van der Waals surface area contributed by atoms with E-state index in [1.54, 1.807) is 6.08 Å². The highest BCUT2D eigenvalue weighted by Crippen LogP contribution is 2.18. The Morgan fingerprint density at radius 3 is 2.92 bits per heavy atom. The molecular weight excluding hydrogens is 166 g/mol. The minimum Gasteiger partial charge on any atom is -0.375 e. The molecule has 0 unspecified atom stereocenters. The van der Waals surface area contributed by atoms with E-state index in [4.69, 9.17) is 12.2 Å². The standard InChI is InChI=1S/C10H13NS/c1-3-5-9-8(4-2)6-7-11-10(9)12/h3-5H,1,6-7H2,2H3,(H,11,12)/b8-4-,9-5+. The predicted molar refractivity (Wildman–Crippen MR) is 57.3 cm³/mol. The second-order valence-electron chi connectivity index (χ2n) is 2.64. The number of piperidine rings is 1. The lowest BCUT2D eigenvalue weighted by molar-refractivity contribution is 0.843. The summed E-state index contributed by atoms with van der Waals surface area (Å²) in [6.45, 7) is 6.66. The van der Waals surface area contributed by atoms with Crippen molar-refractivity contribution in [3.63, 3.8) is 0 Å². The van der Waals surface area contributed by atoms with Crippen molar-refractivity contribution in [3.05, 3.63) is 36.0 Å². The van der Waals surface area contributed by atoms with Crippen molar-refractivity contribution < 1.29 is 0 Å². The number of thiocarbonyl (C=S) groups is 1. The van der Waals surface area contributed by atoms with Gasteiger partial charge in [0, 0.05) is 12.1 Å². The third-order valence-corrected chi connectivity index (χ3v) is 2.27. The maximum atomic E-state index is 5.17. The molecule has 1 rings (SSSR count). The van der Waals surface area contributed by atoms with Crippen LogP contribution in [0.5, 0.6) is 0 Å². The van der Waals surface area contributed by atoms with Crippen LogP contribution < -0.4 is 5.32 Å². The fraction of sp³-hybridized carbons (Fsp3) is 0.300. The van der Waals surface area contributed by atoms with Gasteiger partial charge < -0.3 is 5.32 Å². The summed E-state index contributed by atoms with van der Waals surface area (Å²) in [7, 11) is 0. The first-order valence-corrected chi connectivity index (χ1v) is 4.47. The van der Waals surface area contributed by atoms with Gasteiger partial charge in [0.1, 0.15) is 4.99 Å². The molecule has 0 saturated carbocycles. The SMILES string of the molecule is C=C/C=C1/C(=S)NCC/C1=C/C. The van der Waals surface area contributed by atoms with Gasteiger partial charge in [-0.25, -0.2) is 0 Å². The molecule has 0 spiro atoms. The Balaban J connectivity index is 2.95. The molecule has 1 aliphatic heterocycles. The molecule has 1 nitrogen and oxygen atoms in total. The van der Waals surface area contributed by atoms with Gasteiger partial charge >= 0.3 is 0 Å². The molecule has 0 amide bonds. The molecule has 0 aromatic carbocycles. The minimum absolute atomic E-state index is 0.842. The molecule has 1 heterocycles. The molecule has 2 heteroatoms. The van der Waals surface area contributed by atoms with Crippen molar-refractivity contribution in [2.24, 2.45) is 0 Å². The third kappa shape index (κ3) is 1.83. The van der Waals surface area contributed by atoms with Gasteiger partial charge in [-0.15, -0.1) is 0 Å². The summed E-state index contributed by atoms with van der Waals surface area (Å²) in [6, 6.07) is 0. The van der Waals surface area contributed by atoms with E-state index in [1.165, 1.54) is 5.57 Å². The van der Waals surface area contributed by atoms with Crippen molar-refractivity contribution in [3.8, 4) is 0 Å². The summed E-state index contributed by atoms with van der Waals surface area (Å²) in [5.74, 6) is 0. The molecule has 1 saturated heterocycles. The first-order valence-electron chi connectivity index (χ1n) is 4.06. The van der Waals surface area contributed by atoms with Crippen LogP contribution in [0.2, 0.25) is 0 Å². The van der Waals surface area contributed by atoms with Crippen LogP contribution in [0.15, 0.2) is 36.0 Å². The van der Waals surface area contributed by atoms with Crippen molar-refractivity contribution in [1.82, 2.24) is 5.32 Å². The van der Waals surface area contributed by atoms with Crippen LogP contribution in [-0.2, 0) is 0 Å². The number of allylic oxidation sites excluding steroid dienone is 3.